The van der Waals surface area contributed by atoms with Gasteiger partial charge in [-0.15, -0.1) is 5.10 Å². The number of aromatic nitrogens is 4. The van der Waals surface area contributed by atoms with Crippen molar-refractivity contribution in [2.75, 3.05) is 62.3 Å². The number of nitrogens with zero attached hydrogens (tertiary/aromatic N) is 7. The molecule has 0 radical (unpaired) electrons. The largest absolute Gasteiger partial charge is 0.378 e. The van der Waals surface area contributed by atoms with Crippen LogP contribution in [0.25, 0.3) is 17.0 Å². The molecule has 0 aliphatic carbocycles. The molecule has 208 valence electrons. The van der Waals surface area contributed by atoms with Crippen LogP contribution in [0, 0.1) is 29.1 Å². The number of halogens is 5. The monoisotopic (exact) mass is 559 g/mol. The van der Waals surface area contributed by atoms with Crippen molar-refractivity contribution in [2.24, 2.45) is 0 Å². The molecule has 0 bridgehead atoms. The first-order valence-corrected chi connectivity index (χ1v) is 12.5. The van der Waals surface area contributed by atoms with E-state index in [1.807, 2.05) is 30.3 Å². The standard InChI is InChI=1S/C26H22F5N7O2/c27-19-18(20(28)22(30)23(31)21(19)29)24(39)36-7-9-37(10-8-36)26-33-25-32-6-5-17(38(25)34-26)15-1-3-16(4-2-15)35-11-13-40-14-12-35/h1-6H,7-14H2. The number of anilines is 2. The molecule has 2 aliphatic heterocycles. The number of amides is 1. The van der Waals surface area contributed by atoms with Crippen LogP contribution in [0.1, 0.15) is 10.4 Å². The number of benzene rings is 2. The van der Waals surface area contributed by atoms with Crippen molar-refractivity contribution in [2.45, 2.75) is 0 Å². The molecule has 0 spiro atoms. The van der Waals surface area contributed by atoms with Crippen LogP contribution in [0.15, 0.2) is 36.5 Å². The third-order valence-electron chi connectivity index (χ3n) is 7.04. The highest BCUT2D eigenvalue weighted by Gasteiger charge is 2.34. The molecular weight excluding hydrogens is 537 g/mol. The van der Waals surface area contributed by atoms with E-state index < -0.39 is 40.6 Å². The van der Waals surface area contributed by atoms with E-state index in [2.05, 4.69) is 20.0 Å². The molecule has 6 rings (SSSR count). The van der Waals surface area contributed by atoms with Crippen LogP contribution in [-0.2, 0) is 4.74 Å². The van der Waals surface area contributed by atoms with E-state index in [4.69, 9.17) is 4.74 Å². The second-order valence-corrected chi connectivity index (χ2v) is 9.32. The fourth-order valence-electron chi connectivity index (χ4n) is 4.86. The minimum atomic E-state index is -2.31. The Morgan fingerprint density at radius 3 is 2.02 bits per heavy atom. The first-order valence-electron chi connectivity index (χ1n) is 12.5. The van der Waals surface area contributed by atoms with E-state index in [9.17, 15) is 26.7 Å². The molecule has 0 unspecified atom stereocenters. The fourth-order valence-corrected chi connectivity index (χ4v) is 4.86. The second-order valence-electron chi connectivity index (χ2n) is 9.32. The fraction of sp³-hybridized carbons (Fsp3) is 0.308. The maximum atomic E-state index is 14.1. The van der Waals surface area contributed by atoms with Crippen molar-refractivity contribution in [3.05, 3.63) is 71.2 Å². The summed E-state index contributed by atoms with van der Waals surface area (Å²) in [4.78, 5) is 26.5. The third-order valence-corrected chi connectivity index (χ3v) is 7.04. The smallest absolute Gasteiger partial charge is 0.260 e. The lowest BCUT2D eigenvalue weighted by Gasteiger charge is -2.34. The van der Waals surface area contributed by atoms with Gasteiger partial charge >= 0.3 is 0 Å². The van der Waals surface area contributed by atoms with Gasteiger partial charge in [0, 0.05) is 56.7 Å². The van der Waals surface area contributed by atoms with Crippen LogP contribution in [0.5, 0.6) is 0 Å². The van der Waals surface area contributed by atoms with Crippen molar-refractivity contribution in [1.82, 2.24) is 24.5 Å². The van der Waals surface area contributed by atoms with E-state index in [1.165, 1.54) is 0 Å². The highest BCUT2D eigenvalue weighted by Crippen LogP contribution is 2.27. The molecule has 4 heterocycles. The van der Waals surface area contributed by atoms with Gasteiger partial charge in [0.25, 0.3) is 11.7 Å². The van der Waals surface area contributed by atoms with Gasteiger partial charge in [0.05, 0.1) is 18.9 Å². The van der Waals surface area contributed by atoms with E-state index in [0.717, 1.165) is 34.9 Å². The lowest BCUT2D eigenvalue weighted by molar-refractivity contribution is 0.0732. The predicted molar refractivity (Wildman–Crippen MR) is 134 cm³/mol. The van der Waals surface area contributed by atoms with E-state index in [0.29, 0.717) is 24.9 Å². The zero-order valence-electron chi connectivity index (χ0n) is 21.0. The number of piperazine rings is 1. The van der Waals surface area contributed by atoms with Gasteiger partial charge in [-0.3, -0.25) is 4.79 Å². The number of fused-ring (bicyclic) bond motifs is 1. The number of hydrogen-bond donors (Lipinski definition) is 0. The van der Waals surface area contributed by atoms with Gasteiger partial charge in [-0.1, -0.05) is 12.1 Å². The molecule has 0 atom stereocenters. The zero-order chi connectivity index (χ0) is 28.0. The van der Waals surface area contributed by atoms with Crippen LogP contribution in [0.4, 0.5) is 33.6 Å². The lowest BCUT2D eigenvalue weighted by atomic mass is 10.1. The van der Waals surface area contributed by atoms with Gasteiger partial charge in [-0.05, 0) is 18.2 Å². The molecule has 1 amide bonds. The molecule has 2 saturated heterocycles. The van der Waals surface area contributed by atoms with Crippen LogP contribution >= 0.6 is 0 Å². The molecule has 2 aromatic carbocycles. The first kappa shape index (κ1) is 25.9. The Hall–Kier alpha value is -4.33. The van der Waals surface area contributed by atoms with E-state index in [-0.39, 0.29) is 26.2 Å². The number of carbonyl (C=O) groups excluding carboxylic acids is 1. The second kappa shape index (κ2) is 10.3. The van der Waals surface area contributed by atoms with Gasteiger partial charge in [-0.2, -0.15) is 9.50 Å². The Kier molecular flexibility index (Phi) is 6.70. The van der Waals surface area contributed by atoms with Crippen LogP contribution in [0.2, 0.25) is 0 Å². The summed E-state index contributed by atoms with van der Waals surface area (Å²) in [5.41, 5.74) is 1.29. The van der Waals surface area contributed by atoms with Gasteiger partial charge in [0.15, 0.2) is 23.3 Å². The Morgan fingerprint density at radius 2 is 1.38 bits per heavy atom. The summed E-state index contributed by atoms with van der Waals surface area (Å²) in [6.45, 7) is 3.27. The summed E-state index contributed by atoms with van der Waals surface area (Å²) in [5.74, 6) is -11.5. The predicted octanol–water partition coefficient (Wildman–Crippen LogP) is 3.29. The first-order chi connectivity index (χ1) is 19.3. The van der Waals surface area contributed by atoms with Crippen LogP contribution < -0.4 is 9.80 Å². The average Bonchev–Trinajstić information content (AvgIpc) is 3.44. The quantitative estimate of drug-likeness (QED) is 0.216. The van der Waals surface area contributed by atoms with Crippen molar-refractivity contribution < 1.29 is 31.5 Å². The molecule has 0 N–H and O–H groups in total. The van der Waals surface area contributed by atoms with Gasteiger partial charge in [-0.25, -0.2) is 26.9 Å². The number of rotatable bonds is 4. The minimum absolute atomic E-state index is 0.0445. The van der Waals surface area contributed by atoms with E-state index in [1.54, 1.807) is 15.6 Å². The lowest BCUT2D eigenvalue weighted by Crippen LogP contribution is -2.49. The highest BCUT2D eigenvalue weighted by molar-refractivity contribution is 5.95. The summed E-state index contributed by atoms with van der Waals surface area (Å²) >= 11 is 0. The molecule has 9 nitrogen and oxygen atoms in total. The molecule has 2 aromatic heterocycles. The normalized spacial score (nSPS) is 16.2. The molecular formula is C26H22F5N7O2. The molecule has 4 aromatic rings. The summed E-state index contributed by atoms with van der Waals surface area (Å²) in [6.07, 6.45) is 1.62. The topological polar surface area (TPSA) is 79.1 Å². The van der Waals surface area contributed by atoms with Crippen molar-refractivity contribution >= 4 is 23.3 Å². The molecule has 14 heteroatoms. The number of ether oxygens (including phenoxy) is 1. The number of hydrogen-bond acceptors (Lipinski definition) is 7. The molecule has 0 saturated carbocycles. The summed E-state index contributed by atoms with van der Waals surface area (Å²) in [7, 11) is 0. The summed E-state index contributed by atoms with van der Waals surface area (Å²) in [5, 5.41) is 4.59. The maximum absolute atomic E-state index is 14.1. The number of morpholine rings is 1. The Bertz CT molecular complexity index is 1550. The van der Waals surface area contributed by atoms with Crippen molar-refractivity contribution in [3.63, 3.8) is 0 Å². The third kappa shape index (κ3) is 4.47. The summed E-state index contributed by atoms with van der Waals surface area (Å²) in [6, 6.07) is 9.86. The van der Waals surface area contributed by atoms with Crippen LogP contribution in [0.3, 0.4) is 0 Å². The molecule has 2 aliphatic rings. The molecule has 40 heavy (non-hydrogen) atoms. The molecule has 2 fully saturated rings. The maximum Gasteiger partial charge on any atom is 0.260 e. The van der Waals surface area contributed by atoms with Gasteiger partial charge in [0.2, 0.25) is 11.8 Å². The van der Waals surface area contributed by atoms with Crippen molar-refractivity contribution in [3.8, 4) is 11.3 Å². The number of carbonyl (C=O) groups is 1. The minimum Gasteiger partial charge on any atom is -0.378 e. The zero-order valence-corrected chi connectivity index (χ0v) is 21.0. The van der Waals surface area contributed by atoms with Gasteiger partial charge < -0.3 is 19.4 Å². The highest BCUT2D eigenvalue weighted by atomic mass is 19.2. The Morgan fingerprint density at radius 1 is 0.750 bits per heavy atom. The summed E-state index contributed by atoms with van der Waals surface area (Å²) < 4.78 is 75.9. The SMILES string of the molecule is O=C(c1c(F)c(F)c(F)c(F)c1F)N1CCN(c2nc3nccc(-c4ccc(N5CCOCC5)cc4)n3n2)CC1. The van der Waals surface area contributed by atoms with Crippen molar-refractivity contribution in [1.29, 1.82) is 0 Å². The van der Waals surface area contributed by atoms with E-state index >= 15 is 0 Å². The average molecular weight is 559 g/mol. The van der Waals surface area contributed by atoms with Gasteiger partial charge in [0.1, 0.15) is 5.56 Å². The van der Waals surface area contributed by atoms with Crippen LogP contribution in [-0.4, -0.2) is 82.9 Å². The Balaban J connectivity index is 1.19. The Labute approximate surface area is 224 Å².